The Balaban J connectivity index is 2.14. The monoisotopic (exact) mass is 252 g/mol. The summed E-state index contributed by atoms with van der Waals surface area (Å²) in [7, 11) is 0. The second-order valence-corrected chi connectivity index (χ2v) is 4.05. The highest BCUT2D eigenvalue weighted by atomic mass is 16.5. The lowest BCUT2D eigenvalue weighted by Gasteiger charge is -2.08. The van der Waals surface area contributed by atoms with E-state index < -0.39 is 0 Å². The maximum absolute atomic E-state index is 10.9. The van der Waals surface area contributed by atoms with Crippen LogP contribution in [0.3, 0.4) is 0 Å². The van der Waals surface area contributed by atoms with Gasteiger partial charge in [0.25, 0.3) is 0 Å². The number of pyridine rings is 1. The number of nitriles is 1. The first kappa shape index (κ1) is 12.8. The van der Waals surface area contributed by atoms with E-state index in [0.29, 0.717) is 24.2 Å². The SMILES string of the molecule is Cc1ccc(OCc2cccc(C#N)c2)c(C=O)n1. The molecule has 1 heterocycles. The van der Waals surface area contributed by atoms with Crippen molar-refractivity contribution in [3.63, 3.8) is 0 Å². The van der Waals surface area contributed by atoms with Crippen LogP contribution in [0.2, 0.25) is 0 Å². The molecule has 0 unspecified atom stereocenters. The maximum Gasteiger partial charge on any atom is 0.172 e. The van der Waals surface area contributed by atoms with Crippen LogP contribution in [0.25, 0.3) is 0 Å². The molecule has 0 bridgehead atoms. The normalized spacial score (nSPS) is 9.68. The number of aromatic nitrogens is 1. The zero-order valence-corrected chi connectivity index (χ0v) is 10.5. The summed E-state index contributed by atoms with van der Waals surface area (Å²) in [5.41, 5.74) is 2.51. The summed E-state index contributed by atoms with van der Waals surface area (Å²) in [6.45, 7) is 2.11. The molecular weight excluding hydrogens is 240 g/mol. The van der Waals surface area contributed by atoms with Gasteiger partial charge in [0.1, 0.15) is 18.1 Å². The Morgan fingerprint density at radius 3 is 2.95 bits per heavy atom. The highest BCUT2D eigenvalue weighted by Gasteiger charge is 2.05. The summed E-state index contributed by atoms with van der Waals surface area (Å²) < 4.78 is 5.57. The van der Waals surface area contributed by atoms with Crippen molar-refractivity contribution in [1.29, 1.82) is 5.26 Å². The van der Waals surface area contributed by atoms with Crippen LogP contribution in [0.4, 0.5) is 0 Å². The smallest absolute Gasteiger partial charge is 0.172 e. The number of aryl methyl sites for hydroxylation is 1. The number of carbonyl (C=O) groups is 1. The van der Waals surface area contributed by atoms with Gasteiger partial charge in [-0.1, -0.05) is 12.1 Å². The summed E-state index contributed by atoms with van der Waals surface area (Å²) in [4.78, 5) is 15.0. The first-order valence-corrected chi connectivity index (χ1v) is 5.77. The minimum atomic E-state index is 0.288. The fraction of sp³-hybridized carbons (Fsp3) is 0.133. The minimum Gasteiger partial charge on any atom is -0.487 e. The van der Waals surface area contributed by atoms with Crippen LogP contribution in [0.5, 0.6) is 5.75 Å². The van der Waals surface area contributed by atoms with E-state index in [-0.39, 0.29) is 5.69 Å². The molecule has 2 rings (SSSR count). The summed E-state index contributed by atoms with van der Waals surface area (Å²) in [6.07, 6.45) is 0.675. The summed E-state index contributed by atoms with van der Waals surface area (Å²) in [5.74, 6) is 0.447. The van der Waals surface area contributed by atoms with Crippen LogP contribution in [0.1, 0.15) is 27.3 Å². The molecule has 0 saturated carbocycles. The third-order valence-corrected chi connectivity index (χ3v) is 2.59. The van der Waals surface area contributed by atoms with E-state index in [9.17, 15) is 4.79 Å². The number of hydrogen-bond acceptors (Lipinski definition) is 4. The minimum absolute atomic E-state index is 0.288. The van der Waals surface area contributed by atoms with Gasteiger partial charge in [-0.15, -0.1) is 0 Å². The summed E-state index contributed by atoms with van der Waals surface area (Å²) in [5, 5.41) is 8.81. The Kier molecular flexibility index (Phi) is 3.89. The molecule has 1 aromatic heterocycles. The zero-order valence-electron chi connectivity index (χ0n) is 10.5. The molecular formula is C15H12N2O2. The van der Waals surface area contributed by atoms with Crippen LogP contribution >= 0.6 is 0 Å². The molecule has 2 aromatic rings. The quantitative estimate of drug-likeness (QED) is 0.785. The molecule has 4 nitrogen and oxygen atoms in total. The van der Waals surface area contributed by atoms with Gasteiger partial charge in [-0.2, -0.15) is 5.26 Å². The molecule has 94 valence electrons. The van der Waals surface area contributed by atoms with Crippen molar-refractivity contribution >= 4 is 6.29 Å². The molecule has 0 aliphatic rings. The second kappa shape index (κ2) is 5.78. The molecule has 0 saturated heterocycles. The van der Waals surface area contributed by atoms with Gasteiger partial charge < -0.3 is 4.74 Å². The number of nitrogens with zero attached hydrogens (tertiary/aromatic N) is 2. The van der Waals surface area contributed by atoms with Gasteiger partial charge in [-0.3, -0.25) is 4.79 Å². The van der Waals surface area contributed by atoms with E-state index in [1.807, 2.05) is 13.0 Å². The molecule has 1 aromatic carbocycles. The Hall–Kier alpha value is -2.67. The highest BCUT2D eigenvalue weighted by molar-refractivity contribution is 5.76. The summed E-state index contributed by atoms with van der Waals surface area (Å²) in [6, 6.07) is 12.7. The molecule has 0 fully saturated rings. The van der Waals surface area contributed by atoms with E-state index in [1.54, 1.807) is 30.3 Å². The predicted molar refractivity (Wildman–Crippen MR) is 69.9 cm³/mol. The van der Waals surface area contributed by atoms with Crippen molar-refractivity contribution in [2.45, 2.75) is 13.5 Å². The fourth-order valence-electron chi connectivity index (χ4n) is 1.66. The standard InChI is InChI=1S/C15H12N2O2/c1-11-5-6-15(14(9-18)17-11)19-10-13-4-2-3-12(7-13)8-16/h2-7,9H,10H2,1H3. The molecule has 4 heteroatoms. The number of hydrogen-bond donors (Lipinski definition) is 0. The molecule has 0 spiro atoms. The van der Waals surface area contributed by atoms with Crippen LogP contribution in [0.15, 0.2) is 36.4 Å². The van der Waals surface area contributed by atoms with E-state index >= 15 is 0 Å². The first-order valence-electron chi connectivity index (χ1n) is 5.77. The van der Waals surface area contributed by atoms with Crippen LogP contribution < -0.4 is 4.74 Å². The van der Waals surface area contributed by atoms with E-state index in [1.165, 1.54) is 0 Å². The van der Waals surface area contributed by atoms with Gasteiger partial charge >= 0.3 is 0 Å². The molecule has 19 heavy (non-hydrogen) atoms. The van der Waals surface area contributed by atoms with Gasteiger partial charge in [-0.25, -0.2) is 4.98 Å². The second-order valence-electron chi connectivity index (χ2n) is 4.05. The van der Waals surface area contributed by atoms with Gasteiger partial charge in [0.15, 0.2) is 6.29 Å². The van der Waals surface area contributed by atoms with Gasteiger partial charge in [0, 0.05) is 5.69 Å². The van der Waals surface area contributed by atoms with E-state index in [2.05, 4.69) is 11.1 Å². The van der Waals surface area contributed by atoms with E-state index in [4.69, 9.17) is 10.00 Å². The number of carbonyl (C=O) groups excluding carboxylic acids is 1. The Morgan fingerprint density at radius 2 is 2.21 bits per heavy atom. The van der Waals surface area contributed by atoms with E-state index in [0.717, 1.165) is 11.3 Å². The van der Waals surface area contributed by atoms with Crippen LogP contribution in [-0.2, 0) is 6.61 Å². The summed E-state index contributed by atoms with van der Waals surface area (Å²) >= 11 is 0. The fourth-order valence-corrected chi connectivity index (χ4v) is 1.66. The third-order valence-electron chi connectivity index (χ3n) is 2.59. The number of aldehydes is 1. The van der Waals surface area contributed by atoms with Crippen molar-refractivity contribution in [2.24, 2.45) is 0 Å². The van der Waals surface area contributed by atoms with Crippen molar-refractivity contribution < 1.29 is 9.53 Å². The molecule has 0 amide bonds. The number of ether oxygens (including phenoxy) is 1. The van der Waals surface area contributed by atoms with Gasteiger partial charge in [-0.05, 0) is 36.8 Å². The Labute approximate surface area is 111 Å². The Morgan fingerprint density at radius 1 is 1.37 bits per heavy atom. The lowest BCUT2D eigenvalue weighted by atomic mass is 10.1. The average Bonchev–Trinajstić information content (AvgIpc) is 2.46. The average molecular weight is 252 g/mol. The van der Waals surface area contributed by atoms with Crippen molar-refractivity contribution in [1.82, 2.24) is 4.98 Å². The third kappa shape index (κ3) is 3.17. The van der Waals surface area contributed by atoms with Gasteiger partial charge in [0.05, 0.1) is 11.6 Å². The largest absolute Gasteiger partial charge is 0.487 e. The molecule has 0 atom stereocenters. The maximum atomic E-state index is 10.9. The van der Waals surface area contributed by atoms with Crippen molar-refractivity contribution in [3.05, 3.63) is 58.9 Å². The van der Waals surface area contributed by atoms with Crippen LogP contribution in [-0.4, -0.2) is 11.3 Å². The topological polar surface area (TPSA) is 63.0 Å². The number of rotatable bonds is 4. The van der Waals surface area contributed by atoms with Gasteiger partial charge in [0.2, 0.25) is 0 Å². The van der Waals surface area contributed by atoms with Crippen molar-refractivity contribution in [2.75, 3.05) is 0 Å². The number of benzene rings is 1. The lowest BCUT2D eigenvalue weighted by molar-refractivity contribution is 0.111. The highest BCUT2D eigenvalue weighted by Crippen LogP contribution is 2.17. The van der Waals surface area contributed by atoms with Crippen LogP contribution in [0, 0.1) is 18.3 Å². The zero-order chi connectivity index (χ0) is 13.7. The molecule has 0 radical (unpaired) electrons. The molecule has 0 N–H and O–H groups in total. The Bertz CT molecular complexity index is 645. The lowest BCUT2D eigenvalue weighted by Crippen LogP contribution is -2.01. The first-order chi connectivity index (χ1) is 9.22. The predicted octanol–water partition coefficient (Wildman–Crippen LogP) is 2.65. The molecule has 0 aliphatic heterocycles. The molecule has 0 aliphatic carbocycles. The van der Waals surface area contributed by atoms with Crippen molar-refractivity contribution in [3.8, 4) is 11.8 Å².